The van der Waals surface area contributed by atoms with Crippen LogP contribution in [-0.4, -0.2) is 24.5 Å². The van der Waals surface area contributed by atoms with Gasteiger partial charge in [-0.05, 0) is 62.8 Å². The van der Waals surface area contributed by atoms with E-state index in [-0.39, 0.29) is 5.91 Å². The first-order valence-electron chi connectivity index (χ1n) is 8.93. The Morgan fingerprint density at radius 1 is 1.31 bits per heavy atom. The van der Waals surface area contributed by atoms with Crippen LogP contribution in [0.2, 0.25) is 0 Å². The van der Waals surface area contributed by atoms with Crippen molar-refractivity contribution in [1.82, 2.24) is 5.32 Å². The molecule has 1 amide bonds. The molecule has 0 spiro atoms. The summed E-state index contributed by atoms with van der Waals surface area (Å²) in [5, 5.41) is 11.6. The van der Waals surface area contributed by atoms with Gasteiger partial charge in [-0.2, -0.15) is 5.26 Å². The molecule has 5 heteroatoms. The van der Waals surface area contributed by atoms with Gasteiger partial charge in [0.1, 0.15) is 0 Å². The van der Waals surface area contributed by atoms with Gasteiger partial charge in [0.2, 0.25) is 0 Å². The van der Waals surface area contributed by atoms with Gasteiger partial charge in [0.15, 0.2) is 6.10 Å². The van der Waals surface area contributed by atoms with Gasteiger partial charge in [-0.25, -0.2) is 4.79 Å². The monoisotopic (exact) mass is 352 g/mol. The Morgan fingerprint density at radius 2 is 2.08 bits per heavy atom. The fraction of sp³-hybridized carbons (Fsp3) is 0.381. The van der Waals surface area contributed by atoms with Crippen molar-refractivity contribution < 1.29 is 14.3 Å². The van der Waals surface area contributed by atoms with Crippen LogP contribution in [0.1, 0.15) is 50.2 Å². The molecule has 0 saturated carbocycles. The van der Waals surface area contributed by atoms with Crippen LogP contribution in [0.25, 0.3) is 6.08 Å². The van der Waals surface area contributed by atoms with Crippen molar-refractivity contribution in [3.8, 4) is 6.07 Å². The molecule has 1 aromatic rings. The molecule has 1 aliphatic carbocycles. The van der Waals surface area contributed by atoms with Crippen molar-refractivity contribution in [3.63, 3.8) is 0 Å². The summed E-state index contributed by atoms with van der Waals surface area (Å²) in [7, 11) is 0. The highest BCUT2D eigenvalue weighted by atomic mass is 16.5. The number of benzene rings is 1. The zero-order valence-electron chi connectivity index (χ0n) is 15.0. The summed E-state index contributed by atoms with van der Waals surface area (Å²) >= 11 is 0. The first-order chi connectivity index (χ1) is 12.6. The smallest absolute Gasteiger partial charge is 0.331 e. The van der Waals surface area contributed by atoms with Gasteiger partial charge < -0.3 is 10.1 Å². The largest absolute Gasteiger partial charge is 0.449 e. The van der Waals surface area contributed by atoms with Crippen LogP contribution >= 0.6 is 0 Å². The summed E-state index contributed by atoms with van der Waals surface area (Å²) in [4.78, 5) is 23.8. The fourth-order valence-corrected chi connectivity index (χ4v) is 2.72. The van der Waals surface area contributed by atoms with Gasteiger partial charge in [-0.3, -0.25) is 4.79 Å². The third-order valence-corrected chi connectivity index (χ3v) is 4.24. The van der Waals surface area contributed by atoms with Gasteiger partial charge >= 0.3 is 5.97 Å². The number of carbonyl (C=O) groups excluding carboxylic acids is 2. The van der Waals surface area contributed by atoms with Crippen LogP contribution in [0, 0.1) is 11.3 Å². The standard InChI is InChI=1S/C21H24N2O3/c1-16(21(25)23-14-13-17-5-3-2-4-6-17)26-20(24)12-11-18-7-9-19(15-22)10-8-18/h5,7-12,16H,2-4,6,13-14H2,1H3,(H,23,25)/b12-11+/t16-/m0/s1. The Labute approximate surface area is 154 Å². The van der Waals surface area contributed by atoms with Crippen molar-refractivity contribution >= 4 is 18.0 Å². The highest BCUT2D eigenvalue weighted by Crippen LogP contribution is 2.19. The first kappa shape index (κ1) is 19.5. The Morgan fingerprint density at radius 3 is 2.73 bits per heavy atom. The number of rotatable bonds is 7. The van der Waals surface area contributed by atoms with E-state index in [1.807, 2.05) is 6.07 Å². The maximum absolute atomic E-state index is 12.0. The zero-order valence-corrected chi connectivity index (χ0v) is 15.0. The molecular formula is C21H24N2O3. The predicted octanol–water partition coefficient (Wildman–Crippen LogP) is 3.51. The fourth-order valence-electron chi connectivity index (χ4n) is 2.72. The maximum Gasteiger partial charge on any atom is 0.331 e. The molecule has 0 aliphatic heterocycles. The van der Waals surface area contributed by atoms with E-state index < -0.39 is 12.1 Å². The first-order valence-corrected chi connectivity index (χ1v) is 8.93. The van der Waals surface area contributed by atoms with E-state index in [1.165, 1.54) is 24.5 Å². The van der Waals surface area contributed by atoms with Crippen LogP contribution in [0.4, 0.5) is 0 Å². The molecule has 0 heterocycles. The molecule has 5 nitrogen and oxygen atoms in total. The number of ether oxygens (including phenoxy) is 1. The van der Waals surface area contributed by atoms with Gasteiger partial charge in [-0.15, -0.1) is 0 Å². The Hall–Kier alpha value is -2.87. The summed E-state index contributed by atoms with van der Waals surface area (Å²) in [5.41, 5.74) is 2.73. The molecule has 0 radical (unpaired) electrons. The summed E-state index contributed by atoms with van der Waals surface area (Å²) in [5.74, 6) is -0.867. The van der Waals surface area contributed by atoms with Crippen molar-refractivity contribution in [1.29, 1.82) is 5.26 Å². The molecule has 0 bridgehead atoms. The number of esters is 1. The van der Waals surface area contributed by atoms with Crippen LogP contribution in [0.3, 0.4) is 0 Å². The number of nitrogens with zero attached hydrogens (tertiary/aromatic N) is 1. The van der Waals surface area contributed by atoms with Crippen LogP contribution in [0.15, 0.2) is 42.0 Å². The highest BCUT2D eigenvalue weighted by molar-refractivity contribution is 5.90. The topological polar surface area (TPSA) is 79.2 Å². The van der Waals surface area contributed by atoms with Crippen molar-refractivity contribution in [2.75, 3.05) is 6.54 Å². The minimum Gasteiger partial charge on any atom is -0.449 e. The average molecular weight is 352 g/mol. The lowest BCUT2D eigenvalue weighted by atomic mass is 9.97. The lowest BCUT2D eigenvalue weighted by molar-refractivity contribution is -0.150. The number of amides is 1. The molecule has 1 aromatic carbocycles. The number of hydrogen-bond donors (Lipinski definition) is 1. The molecule has 2 rings (SSSR count). The van der Waals surface area contributed by atoms with E-state index in [0.29, 0.717) is 12.1 Å². The normalized spacial score (nSPS) is 15.0. The highest BCUT2D eigenvalue weighted by Gasteiger charge is 2.16. The maximum atomic E-state index is 12.0. The van der Waals surface area contributed by atoms with Crippen molar-refractivity contribution in [2.45, 2.75) is 45.1 Å². The molecule has 26 heavy (non-hydrogen) atoms. The average Bonchev–Trinajstić information content (AvgIpc) is 2.67. The number of allylic oxidation sites excluding steroid dienone is 1. The second-order valence-corrected chi connectivity index (χ2v) is 6.30. The molecule has 0 saturated heterocycles. The second-order valence-electron chi connectivity index (χ2n) is 6.30. The Kier molecular flexibility index (Phi) is 7.63. The van der Waals surface area contributed by atoms with Crippen LogP contribution in [-0.2, 0) is 14.3 Å². The molecule has 136 valence electrons. The van der Waals surface area contributed by atoms with Crippen LogP contribution < -0.4 is 5.32 Å². The van der Waals surface area contributed by atoms with E-state index in [1.54, 1.807) is 37.3 Å². The number of nitriles is 1. The van der Waals surface area contributed by atoms with Gasteiger partial charge in [0, 0.05) is 12.6 Å². The van der Waals surface area contributed by atoms with E-state index >= 15 is 0 Å². The molecule has 1 aliphatic rings. The van der Waals surface area contributed by atoms with Gasteiger partial charge in [0.25, 0.3) is 5.91 Å². The summed E-state index contributed by atoms with van der Waals surface area (Å²) in [6, 6.07) is 8.84. The number of carbonyl (C=O) groups is 2. The second kappa shape index (κ2) is 10.2. The third kappa shape index (κ3) is 6.56. The minimum atomic E-state index is -0.839. The molecule has 0 fully saturated rings. The lowest BCUT2D eigenvalue weighted by Crippen LogP contribution is -2.36. The molecule has 1 atom stereocenters. The molecule has 0 aromatic heterocycles. The SMILES string of the molecule is C[C@H](OC(=O)/C=C/c1ccc(C#N)cc1)C(=O)NCCC1=CCCCC1. The summed E-state index contributed by atoms with van der Waals surface area (Å²) < 4.78 is 5.12. The van der Waals surface area contributed by atoms with E-state index in [0.717, 1.165) is 24.8 Å². The Bertz CT molecular complexity index is 727. The van der Waals surface area contributed by atoms with E-state index in [9.17, 15) is 9.59 Å². The summed E-state index contributed by atoms with van der Waals surface area (Å²) in [6.45, 7) is 2.12. The molecular weight excluding hydrogens is 328 g/mol. The zero-order chi connectivity index (χ0) is 18.8. The van der Waals surface area contributed by atoms with Crippen LogP contribution in [0.5, 0.6) is 0 Å². The van der Waals surface area contributed by atoms with Crippen molar-refractivity contribution in [3.05, 3.63) is 53.1 Å². The van der Waals surface area contributed by atoms with E-state index in [4.69, 9.17) is 10.00 Å². The number of nitrogens with one attached hydrogen (secondary N) is 1. The third-order valence-electron chi connectivity index (χ3n) is 4.24. The summed E-state index contributed by atoms with van der Waals surface area (Å²) in [6.07, 6.45) is 9.84. The minimum absolute atomic E-state index is 0.290. The quantitative estimate of drug-likeness (QED) is 0.463. The van der Waals surface area contributed by atoms with Crippen molar-refractivity contribution in [2.24, 2.45) is 0 Å². The molecule has 1 N–H and O–H groups in total. The van der Waals surface area contributed by atoms with E-state index in [2.05, 4.69) is 11.4 Å². The predicted molar refractivity (Wildman–Crippen MR) is 99.9 cm³/mol. The Balaban J connectivity index is 1.72. The van der Waals surface area contributed by atoms with Gasteiger partial charge in [0.05, 0.1) is 11.6 Å². The molecule has 0 unspecified atom stereocenters. The number of hydrogen-bond acceptors (Lipinski definition) is 4. The van der Waals surface area contributed by atoms with Gasteiger partial charge in [-0.1, -0.05) is 23.8 Å². The lowest BCUT2D eigenvalue weighted by Gasteiger charge is -2.15.